The molecule has 0 fully saturated rings. The summed E-state index contributed by atoms with van der Waals surface area (Å²) in [7, 11) is 0. The third-order valence-corrected chi connectivity index (χ3v) is 3.37. The fourth-order valence-corrected chi connectivity index (χ4v) is 2.63. The smallest absolute Gasteiger partial charge is 0.124 e. The van der Waals surface area contributed by atoms with Crippen LogP contribution < -0.4 is 10.1 Å². The van der Waals surface area contributed by atoms with Gasteiger partial charge in [0.25, 0.3) is 0 Å². The van der Waals surface area contributed by atoms with Crippen LogP contribution in [0.15, 0.2) is 22.7 Å². The van der Waals surface area contributed by atoms with Gasteiger partial charge in [-0.15, -0.1) is 0 Å². The van der Waals surface area contributed by atoms with Gasteiger partial charge in [0.05, 0.1) is 0 Å². The van der Waals surface area contributed by atoms with Crippen molar-refractivity contribution in [3.05, 3.63) is 28.2 Å². The molecule has 1 aromatic carbocycles. The van der Waals surface area contributed by atoms with E-state index in [9.17, 15) is 0 Å². The Morgan fingerprint density at radius 1 is 1.50 bits per heavy atom. The Morgan fingerprint density at radius 3 is 2.94 bits per heavy atom. The molecule has 1 N–H and O–H groups in total. The Bertz CT molecular complexity index is 390. The van der Waals surface area contributed by atoms with Crippen LogP contribution in [0.4, 0.5) is 0 Å². The second-order valence-corrected chi connectivity index (χ2v) is 5.77. The quantitative estimate of drug-likeness (QED) is 0.894. The van der Waals surface area contributed by atoms with Gasteiger partial charge in [0.1, 0.15) is 11.4 Å². The first-order valence-corrected chi connectivity index (χ1v) is 6.53. The van der Waals surface area contributed by atoms with E-state index in [1.807, 2.05) is 12.1 Å². The molecule has 16 heavy (non-hydrogen) atoms. The molecule has 0 saturated carbocycles. The summed E-state index contributed by atoms with van der Waals surface area (Å²) in [6, 6.07) is 6.62. The lowest BCUT2D eigenvalue weighted by Gasteiger charge is -2.38. The highest BCUT2D eigenvalue weighted by Gasteiger charge is 2.33. The molecule has 1 aromatic rings. The van der Waals surface area contributed by atoms with Crippen LogP contribution in [0.1, 0.15) is 38.8 Å². The van der Waals surface area contributed by atoms with E-state index in [4.69, 9.17) is 4.74 Å². The van der Waals surface area contributed by atoms with E-state index in [2.05, 4.69) is 48.1 Å². The van der Waals surface area contributed by atoms with Crippen LogP contribution in [0.5, 0.6) is 5.75 Å². The van der Waals surface area contributed by atoms with Gasteiger partial charge in [-0.3, -0.25) is 0 Å². The third kappa shape index (κ3) is 2.41. The van der Waals surface area contributed by atoms with Gasteiger partial charge in [0.2, 0.25) is 0 Å². The normalized spacial score (nSPS) is 22.4. The van der Waals surface area contributed by atoms with Crippen molar-refractivity contribution in [3.8, 4) is 5.75 Å². The summed E-state index contributed by atoms with van der Waals surface area (Å²) in [4.78, 5) is 0. The van der Waals surface area contributed by atoms with E-state index in [-0.39, 0.29) is 5.60 Å². The van der Waals surface area contributed by atoms with E-state index < -0.39 is 0 Å². The zero-order chi connectivity index (χ0) is 11.8. The van der Waals surface area contributed by atoms with E-state index in [0.717, 1.165) is 23.2 Å². The van der Waals surface area contributed by atoms with Crippen LogP contribution in [0.3, 0.4) is 0 Å². The largest absolute Gasteiger partial charge is 0.487 e. The topological polar surface area (TPSA) is 21.3 Å². The van der Waals surface area contributed by atoms with Crippen LogP contribution in [0, 0.1) is 0 Å². The predicted octanol–water partition coefficient (Wildman–Crippen LogP) is 3.66. The van der Waals surface area contributed by atoms with E-state index in [1.165, 1.54) is 5.56 Å². The molecule has 1 aliphatic rings. The first-order valence-electron chi connectivity index (χ1n) is 5.74. The predicted molar refractivity (Wildman–Crippen MR) is 69.9 cm³/mol. The molecule has 0 bridgehead atoms. The molecule has 0 radical (unpaired) electrons. The van der Waals surface area contributed by atoms with Crippen LogP contribution in [0.2, 0.25) is 0 Å². The van der Waals surface area contributed by atoms with E-state index >= 15 is 0 Å². The number of fused-ring (bicyclic) bond motifs is 1. The minimum atomic E-state index is -0.0896. The summed E-state index contributed by atoms with van der Waals surface area (Å²) < 4.78 is 7.10. The molecule has 0 amide bonds. The lowest BCUT2D eigenvalue weighted by Crippen LogP contribution is -2.39. The van der Waals surface area contributed by atoms with Crippen LogP contribution in [0.25, 0.3) is 0 Å². The molecule has 0 saturated heterocycles. The summed E-state index contributed by atoms with van der Waals surface area (Å²) in [6.45, 7) is 7.40. The molecule has 3 heteroatoms. The summed E-state index contributed by atoms with van der Waals surface area (Å²) in [5, 5.41) is 3.52. The van der Waals surface area contributed by atoms with Crippen LogP contribution in [-0.4, -0.2) is 12.1 Å². The molecule has 2 rings (SSSR count). The van der Waals surface area contributed by atoms with Crippen molar-refractivity contribution in [2.24, 2.45) is 0 Å². The van der Waals surface area contributed by atoms with Gasteiger partial charge in [-0.1, -0.05) is 22.9 Å². The maximum atomic E-state index is 5.99. The van der Waals surface area contributed by atoms with Crippen molar-refractivity contribution >= 4 is 15.9 Å². The Hall–Kier alpha value is -0.540. The lowest BCUT2D eigenvalue weighted by molar-refractivity contribution is 0.0664. The van der Waals surface area contributed by atoms with Crippen molar-refractivity contribution in [1.82, 2.24) is 5.32 Å². The molecule has 0 spiro atoms. The minimum absolute atomic E-state index is 0.0896. The Kier molecular flexibility index (Phi) is 3.27. The Labute approximate surface area is 106 Å². The maximum Gasteiger partial charge on any atom is 0.124 e. The standard InChI is InChI=1S/C13H18BrNO/c1-4-15-11-8-13(2,3)16-12-6-5-9(14)7-10(11)12/h5-7,11,15H,4,8H2,1-3H3. The van der Waals surface area contributed by atoms with Gasteiger partial charge < -0.3 is 10.1 Å². The number of ether oxygens (including phenoxy) is 1. The number of halogens is 1. The molecular formula is C13H18BrNO. The number of hydrogen-bond donors (Lipinski definition) is 1. The van der Waals surface area contributed by atoms with E-state index in [0.29, 0.717) is 6.04 Å². The van der Waals surface area contributed by atoms with Crippen LogP contribution in [-0.2, 0) is 0 Å². The second kappa shape index (κ2) is 4.38. The lowest BCUT2D eigenvalue weighted by atomic mass is 9.90. The van der Waals surface area contributed by atoms with Gasteiger partial charge in [0.15, 0.2) is 0 Å². The van der Waals surface area contributed by atoms with Crippen LogP contribution >= 0.6 is 15.9 Å². The zero-order valence-corrected chi connectivity index (χ0v) is 11.6. The first kappa shape index (κ1) is 11.9. The first-order chi connectivity index (χ1) is 7.52. The number of nitrogens with one attached hydrogen (secondary N) is 1. The van der Waals surface area contributed by atoms with Crippen molar-refractivity contribution in [1.29, 1.82) is 0 Å². The van der Waals surface area contributed by atoms with Gasteiger partial charge in [-0.25, -0.2) is 0 Å². The number of hydrogen-bond acceptors (Lipinski definition) is 2. The van der Waals surface area contributed by atoms with E-state index in [1.54, 1.807) is 0 Å². The summed E-state index contributed by atoms with van der Waals surface area (Å²) in [5.74, 6) is 1.01. The fraction of sp³-hybridized carbons (Fsp3) is 0.538. The highest BCUT2D eigenvalue weighted by molar-refractivity contribution is 9.10. The van der Waals surface area contributed by atoms with Gasteiger partial charge >= 0.3 is 0 Å². The fourth-order valence-electron chi connectivity index (χ4n) is 2.25. The molecule has 88 valence electrons. The zero-order valence-electron chi connectivity index (χ0n) is 10.0. The SMILES string of the molecule is CCNC1CC(C)(C)Oc2ccc(Br)cc21. The van der Waals surface area contributed by atoms with Gasteiger partial charge in [-0.2, -0.15) is 0 Å². The molecule has 1 heterocycles. The molecule has 0 aliphatic carbocycles. The molecule has 1 aliphatic heterocycles. The summed E-state index contributed by atoms with van der Waals surface area (Å²) in [6.07, 6.45) is 1.00. The third-order valence-electron chi connectivity index (χ3n) is 2.88. The molecule has 2 nitrogen and oxygen atoms in total. The van der Waals surface area contributed by atoms with Crippen molar-refractivity contribution in [2.45, 2.75) is 38.8 Å². The molecule has 1 atom stereocenters. The molecule has 0 aromatic heterocycles. The average Bonchev–Trinajstić information content (AvgIpc) is 2.18. The van der Waals surface area contributed by atoms with Crippen molar-refractivity contribution < 1.29 is 4.74 Å². The molecule has 1 unspecified atom stereocenters. The highest BCUT2D eigenvalue weighted by Crippen LogP contribution is 2.40. The second-order valence-electron chi connectivity index (χ2n) is 4.86. The average molecular weight is 284 g/mol. The Morgan fingerprint density at radius 2 is 2.25 bits per heavy atom. The van der Waals surface area contributed by atoms with Gasteiger partial charge in [-0.05, 0) is 38.6 Å². The monoisotopic (exact) mass is 283 g/mol. The van der Waals surface area contributed by atoms with Crippen molar-refractivity contribution in [2.75, 3.05) is 6.54 Å². The number of benzene rings is 1. The maximum absolute atomic E-state index is 5.99. The van der Waals surface area contributed by atoms with Gasteiger partial charge in [0, 0.05) is 22.5 Å². The molecular weight excluding hydrogens is 266 g/mol. The minimum Gasteiger partial charge on any atom is -0.487 e. The highest BCUT2D eigenvalue weighted by atomic mass is 79.9. The van der Waals surface area contributed by atoms with Crippen molar-refractivity contribution in [3.63, 3.8) is 0 Å². The summed E-state index contributed by atoms with van der Waals surface area (Å²) >= 11 is 3.51. The summed E-state index contributed by atoms with van der Waals surface area (Å²) in [5.41, 5.74) is 1.17. The Balaban J connectivity index is 2.39. The number of rotatable bonds is 2.